The van der Waals surface area contributed by atoms with Crippen LogP contribution >= 0.6 is 11.6 Å². The lowest BCUT2D eigenvalue weighted by Gasteiger charge is -2.18. The third-order valence-electron chi connectivity index (χ3n) is 6.39. The van der Waals surface area contributed by atoms with Gasteiger partial charge in [0.2, 0.25) is 6.79 Å². The molecule has 40 heavy (non-hydrogen) atoms. The monoisotopic (exact) mass is 563 g/mol. The predicted octanol–water partition coefficient (Wildman–Crippen LogP) is 9.04. The lowest BCUT2D eigenvalue weighted by atomic mass is 10.00. The van der Waals surface area contributed by atoms with Crippen LogP contribution in [0.2, 0.25) is 5.02 Å². The Bertz CT molecular complexity index is 1440. The second-order valence-corrected chi connectivity index (χ2v) is 9.82. The summed E-state index contributed by atoms with van der Waals surface area (Å²) in [6.45, 7) is 6.03. The van der Waals surface area contributed by atoms with Crippen molar-refractivity contribution in [1.29, 1.82) is 0 Å². The van der Waals surface area contributed by atoms with Crippen LogP contribution in [-0.4, -0.2) is 31.6 Å². The Hall–Kier alpha value is -3.97. The fraction of sp³-hybridized carbons (Fsp3) is 0.312. The Morgan fingerprint density at radius 2 is 1.60 bits per heavy atom. The first-order valence-corrected chi connectivity index (χ1v) is 13.7. The van der Waals surface area contributed by atoms with Crippen molar-refractivity contribution in [2.75, 3.05) is 20.5 Å². The van der Waals surface area contributed by atoms with Gasteiger partial charge >= 0.3 is 6.16 Å². The molecule has 0 fully saturated rings. The minimum Gasteiger partial charge on any atom is -0.495 e. The van der Waals surface area contributed by atoms with Gasteiger partial charge in [0.25, 0.3) is 0 Å². The van der Waals surface area contributed by atoms with Gasteiger partial charge in [0.05, 0.1) is 24.3 Å². The molecule has 0 saturated heterocycles. The van der Waals surface area contributed by atoms with E-state index in [1.54, 1.807) is 19.2 Å². The lowest BCUT2D eigenvalue weighted by molar-refractivity contribution is 0.00472. The Labute approximate surface area is 239 Å². The second-order valence-electron chi connectivity index (χ2n) is 9.41. The van der Waals surface area contributed by atoms with Gasteiger partial charge in [0.1, 0.15) is 23.0 Å². The molecule has 0 aliphatic heterocycles. The van der Waals surface area contributed by atoms with Crippen molar-refractivity contribution in [3.05, 3.63) is 76.9 Å². The lowest BCUT2D eigenvalue weighted by Crippen LogP contribution is -2.13. The van der Waals surface area contributed by atoms with Crippen molar-refractivity contribution in [2.24, 2.45) is 0 Å². The minimum atomic E-state index is -0.773. The number of benzene rings is 3. The van der Waals surface area contributed by atoms with Gasteiger partial charge in [-0.1, -0.05) is 67.6 Å². The molecule has 7 nitrogen and oxygen atoms in total. The van der Waals surface area contributed by atoms with E-state index in [0.717, 1.165) is 53.8 Å². The summed E-state index contributed by atoms with van der Waals surface area (Å²) in [6.07, 6.45) is 3.24. The number of carbonyl (C=O) groups is 1. The Morgan fingerprint density at radius 1 is 0.900 bits per heavy atom. The fourth-order valence-electron chi connectivity index (χ4n) is 4.29. The number of aryl methyl sites for hydroxylation is 2. The van der Waals surface area contributed by atoms with Gasteiger partial charge in [-0.25, -0.2) is 4.79 Å². The molecule has 0 saturated carbocycles. The molecule has 3 aromatic carbocycles. The average molecular weight is 564 g/mol. The number of halogens is 1. The molecule has 0 N–H and O–H groups in total. The number of nitrogens with zero attached hydrogens (tertiary/aromatic N) is 1. The third kappa shape index (κ3) is 7.36. The molecule has 0 aliphatic rings. The van der Waals surface area contributed by atoms with Gasteiger partial charge in [-0.15, -0.1) is 0 Å². The third-order valence-corrected chi connectivity index (χ3v) is 6.68. The summed E-state index contributed by atoms with van der Waals surface area (Å²) in [5, 5.41) is 1.06. The van der Waals surface area contributed by atoms with Crippen LogP contribution in [0.5, 0.6) is 23.0 Å². The van der Waals surface area contributed by atoms with Crippen molar-refractivity contribution >= 4 is 28.7 Å². The van der Waals surface area contributed by atoms with Crippen LogP contribution in [0.3, 0.4) is 0 Å². The van der Waals surface area contributed by atoms with Crippen LogP contribution in [-0.2, 0) is 9.47 Å². The summed E-state index contributed by atoms with van der Waals surface area (Å²) in [4.78, 5) is 16.9. The zero-order chi connectivity index (χ0) is 28.5. The summed E-state index contributed by atoms with van der Waals surface area (Å²) < 4.78 is 27.8. The molecule has 0 unspecified atom stereocenters. The molecule has 1 heterocycles. The van der Waals surface area contributed by atoms with Crippen molar-refractivity contribution in [1.82, 2.24) is 4.98 Å². The minimum absolute atomic E-state index is 0.313. The summed E-state index contributed by atoms with van der Waals surface area (Å²) in [6, 6.07) is 19.0. The number of fused-ring (bicyclic) bond motifs is 1. The summed E-state index contributed by atoms with van der Waals surface area (Å²) in [5.74, 6) is 2.43. The Kier molecular flexibility index (Phi) is 10.1. The van der Waals surface area contributed by atoms with Crippen LogP contribution in [0.15, 0.2) is 60.7 Å². The first-order chi connectivity index (χ1) is 19.4. The standard InChI is InChI=1S/C32H34ClNO6/c1-5-6-7-8-17-37-32(35)39-20-38-31-26-18-27(33)29(36-4)19-28(26)34-22(3)30(31)23-11-15-25(16-12-23)40-24-13-9-21(2)10-14-24/h9-16,18-19H,5-8,17,20H2,1-4H3. The molecule has 0 amide bonds. The molecule has 0 bridgehead atoms. The van der Waals surface area contributed by atoms with E-state index in [2.05, 4.69) is 6.92 Å². The van der Waals surface area contributed by atoms with Crippen molar-refractivity contribution in [3.63, 3.8) is 0 Å². The normalized spacial score (nSPS) is 10.8. The number of methoxy groups -OCH3 is 1. The van der Waals surface area contributed by atoms with Crippen LogP contribution in [0, 0.1) is 13.8 Å². The Balaban J connectivity index is 1.59. The molecule has 0 atom stereocenters. The molecular formula is C32H34ClNO6. The molecule has 1 aromatic heterocycles. The van der Waals surface area contributed by atoms with Crippen molar-refractivity contribution in [3.8, 4) is 34.1 Å². The van der Waals surface area contributed by atoms with Crippen molar-refractivity contribution < 1.29 is 28.5 Å². The van der Waals surface area contributed by atoms with Gasteiger partial charge in [-0.05, 0) is 56.2 Å². The quantitative estimate of drug-likeness (QED) is 0.0966. The van der Waals surface area contributed by atoms with Crippen molar-refractivity contribution in [2.45, 2.75) is 46.5 Å². The number of hydrogen-bond donors (Lipinski definition) is 0. The highest BCUT2D eigenvalue weighted by Gasteiger charge is 2.19. The van der Waals surface area contributed by atoms with Gasteiger partial charge in [0.15, 0.2) is 0 Å². The number of aromatic nitrogens is 1. The van der Waals surface area contributed by atoms with Crippen LogP contribution in [0.1, 0.15) is 43.9 Å². The smallest absolute Gasteiger partial charge is 0.495 e. The average Bonchev–Trinajstić information content (AvgIpc) is 2.95. The molecule has 0 aliphatic carbocycles. The van der Waals surface area contributed by atoms with Crippen LogP contribution in [0.4, 0.5) is 4.79 Å². The molecule has 4 aromatic rings. The van der Waals surface area contributed by atoms with E-state index < -0.39 is 6.16 Å². The topological polar surface area (TPSA) is 76.1 Å². The van der Waals surface area contributed by atoms with E-state index in [4.69, 9.17) is 40.3 Å². The number of carbonyl (C=O) groups excluding carboxylic acids is 1. The number of pyridine rings is 1. The fourth-order valence-corrected chi connectivity index (χ4v) is 4.53. The zero-order valence-electron chi connectivity index (χ0n) is 23.3. The van der Waals surface area contributed by atoms with E-state index in [1.807, 2.05) is 62.4 Å². The molecule has 8 heteroatoms. The molecule has 0 radical (unpaired) electrons. The van der Waals surface area contributed by atoms with E-state index >= 15 is 0 Å². The summed E-state index contributed by atoms with van der Waals surface area (Å²) >= 11 is 6.47. The maximum atomic E-state index is 12.1. The Morgan fingerprint density at radius 3 is 2.27 bits per heavy atom. The summed E-state index contributed by atoms with van der Waals surface area (Å²) in [7, 11) is 1.55. The highest BCUT2D eigenvalue weighted by molar-refractivity contribution is 6.33. The summed E-state index contributed by atoms with van der Waals surface area (Å²) in [5.41, 5.74) is 4.11. The van der Waals surface area contributed by atoms with Gasteiger partial charge in [-0.2, -0.15) is 0 Å². The second kappa shape index (κ2) is 13.9. The molecular weight excluding hydrogens is 530 g/mol. The number of rotatable bonds is 12. The van der Waals surface area contributed by atoms with E-state index in [-0.39, 0.29) is 6.79 Å². The van der Waals surface area contributed by atoms with Crippen LogP contribution < -0.4 is 14.2 Å². The predicted molar refractivity (Wildman–Crippen MR) is 157 cm³/mol. The largest absolute Gasteiger partial charge is 0.511 e. The van der Waals surface area contributed by atoms with Gasteiger partial charge in [0, 0.05) is 22.7 Å². The number of ether oxygens (including phenoxy) is 5. The molecule has 210 valence electrons. The number of hydrogen-bond acceptors (Lipinski definition) is 7. The zero-order valence-corrected chi connectivity index (χ0v) is 24.0. The van der Waals surface area contributed by atoms with Gasteiger partial charge < -0.3 is 23.7 Å². The van der Waals surface area contributed by atoms with E-state index in [0.29, 0.717) is 39.8 Å². The first-order valence-electron chi connectivity index (χ1n) is 13.3. The van der Waals surface area contributed by atoms with E-state index in [9.17, 15) is 4.79 Å². The SMILES string of the molecule is CCCCCCOC(=O)OCOc1c(-c2ccc(Oc3ccc(C)cc3)cc2)c(C)nc2cc(OC)c(Cl)cc12. The maximum Gasteiger partial charge on any atom is 0.511 e. The van der Waals surface area contributed by atoms with Crippen LogP contribution in [0.25, 0.3) is 22.0 Å². The highest BCUT2D eigenvalue weighted by atomic mass is 35.5. The molecule has 4 rings (SSSR count). The first kappa shape index (κ1) is 29.0. The van der Waals surface area contributed by atoms with E-state index in [1.165, 1.54) is 0 Å². The number of unbranched alkanes of at least 4 members (excludes halogenated alkanes) is 3. The molecule has 0 spiro atoms. The van der Waals surface area contributed by atoms with Gasteiger partial charge in [-0.3, -0.25) is 4.98 Å². The maximum absolute atomic E-state index is 12.1. The highest BCUT2D eigenvalue weighted by Crippen LogP contribution is 2.42.